The van der Waals surface area contributed by atoms with Crippen molar-refractivity contribution in [2.24, 2.45) is 0 Å². The quantitative estimate of drug-likeness (QED) is 0.648. The maximum atomic E-state index is 13.4. The van der Waals surface area contributed by atoms with Crippen LogP contribution in [0.2, 0.25) is 0 Å². The number of anilines is 2. The maximum Gasteiger partial charge on any atom is 0.126 e. The molecule has 0 saturated carbocycles. The summed E-state index contributed by atoms with van der Waals surface area (Å²) in [4.78, 5) is 0. The molecule has 0 saturated heterocycles. The molecule has 0 fully saturated rings. The summed E-state index contributed by atoms with van der Waals surface area (Å²) in [6.45, 7) is 0.658. The van der Waals surface area contributed by atoms with Gasteiger partial charge < -0.3 is 11.1 Å². The van der Waals surface area contributed by atoms with E-state index in [1.807, 2.05) is 24.3 Å². The number of benzene rings is 2. The third kappa shape index (κ3) is 3.35. The van der Waals surface area contributed by atoms with E-state index in [0.29, 0.717) is 18.5 Å². The summed E-state index contributed by atoms with van der Waals surface area (Å²) in [7, 11) is 0. The fourth-order valence-electron chi connectivity index (χ4n) is 1.73. The molecule has 3 N–H and O–H groups in total. The molecule has 0 radical (unpaired) electrons. The van der Waals surface area contributed by atoms with Crippen LogP contribution in [0.25, 0.3) is 0 Å². The monoisotopic (exact) mass is 356 g/mol. The molecule has 0 atom stereocenters. The van der Waals surface area contributed by atoms with Crippen LogP contribution in [-0.4, -0.2) is 6.54 Å². The van der Waals surface area contributed by atoms with Gasteiger partial charge in [-0.2, -0.15) is 0 Å². The standard InChI is InChI=1S/C14H14FIN2/c15-12-4-2-1-3-10(12)7-8-18-14-6-5-11(16)9-13(14)17/h1-6,9,18H,7-8,17H2. The zero-order valence-electron chi connectivity index (χ0n) is 9.79. The first-order valence-corrected chi connectivity index (χ1v) is 6.77. The number of halogens is 2. The lowest BCUT2D eigenvalue weighted by Crippen LogP contribution is -2.07. The first kappa shape index (κ1) is 13.1. The second kappa shape index (κ2) is 6.04. The topological polar surface area (TPSA) is 38.0 Å². The Morgan fingerprint density at radius 3 is 2.67 bits per heavy atom. The molecule has 0 bridgehead atoms. The van der Waals surface area contributed by atoms with Crippen LogP contribution >= 0.6 is 22.6 Å². The van der Waals surface area contributed by atoms with Crippen LogP contribution in [0.5, 0.6) is 0 Å². The van der Waals surface area contributed by atoms with Crippen molar-refractivity contribution in [1.82, 2.24) is 0 Å². The number of hydrogen-bond acceptors (Lipinski definition) is 2. The van der Waals surface area contributed by atoms with Crippen LogP contribution in [0.4, 0.5) is 15.8 Å². The van der Waals surface area contributed by atoms with E-state index in [2.05, 4.69) is 27.9 Å². The minimum Gasteiger partial charge on any atom is -0.397 e. The van der Waals surface area contributed by atoms with Crippen molar-refractivity contribution in [3.63, 3.8) is 0 Å². The predicted octanol–water partition coefficient (Wildman–Crippen LogP) is 3.67. The summed E-state index contributed by atoms with van der Waals surface area (Å²) >= 11 is 2.22. The molecular formula is C14H14FIN2. The van der Waals surface area contributed by atoms with Crippen LogP contribution in [0.1, 0.15) is 5.56 Å². The zero-order valence-corrected chi connectivity index (χ0v) is 11.9. The molecule has 2 rings (SSSR count). The van der Waals surface area contributed by atoms with Gasteiger partial charge in [0.1, 0.15) is 5.82 Å². The van der Waals surface area contributed by atoms with E-state index in [9.17, 15) is 4.39 Å². The predicted molar refractivity (Wildman–Crippen MR) is 82.2 cm³/mol. The van der Waals surface area contributed by atoms with Gasteiger partial charge in [-0.3, -0.25) is 0 Å². The number of hydrogen-bond donors (Lipinski definition) is 2. The van der Waals surface area contributed by atoms with E-state index >= 15 is 0 Å². The molecule has 0 unspecified atom stereocenters. The number of nitrogens with two attached hydrogens (primary N) is 1. The maximum absolute atomic E-state index is 13.4. The first-order valence-electron chi connectivity index (χ1n) is 5.69. The van der Waals surface area contributed by atoms with Crippen molar-refractivity contribution in [3.8, 4) is 0 Å². The van der Waals surface area contributed by atoms with E-state index < -0.39 is 0 Å². The van der Waals surface area contributed by atoms with Crippen molar-refractivity contribution in [3.05, 3.63) is 57.4 Å². The average Bonchev–Trinajstić information content (AvgIpc) is 2.34. The molecule has 2 aromatic carbocycles. The Hall–Kier alpha value is -1.30. The van der Waals surface area contributed by atoms with Gasteiger partial charge in [0.25, 0.3) is 0 Å². The van der Waals surface area contributed by atoms with Gasteiger partial charge >= 0.3 is 0 Å². The van der Waals surface area contributed by atoms with Crippen LogP contribution in [0.15, 0.2) is 42.5 Å². The second-order valence-corrected chi connectivity index (χ2v) is 5.25. The highest BCUT2D eigenvalue weighted by atomic mass is 127. The first-order chi connectivity index (χ1) is 8.66. The highest BCUT2D eigenvalue weighted by molar-refractivity contribution is 14.1. The Morgan fingerprint density at radius 1 is 1.17 bits per heavy atom. The molecular weight excluding hydrogens is 342 g/mol. The Balaban J connectivity index is 1.95. The lowest BCUT2D eigenvalue weighted by atomic mass is 10.1. The van der Waals surface area contributed by atoms with Crippen LogP contribution < -0.4 is 11.1 Å². The lowest BCUT2D eigenvalue weighted by molar-refractivity contribution is 0.610. The molecule has 0 aliphatic heterocycles. The van der Waals surface area contributed by atoms with Crippen molar-refractivity contribution in [1.29, 1.82) is 0 Å². The van der Waals surface area contributed by atoms with Crippen molar-refractivity contribution in [2.75, 3.05) is 17.6 Å². The summed E-state index contributed by atoms with van der Waals surface area (Å²) in [6.07, 6.45) is 0.637. The van der Waals surface area contributed by atoms with Crippen molar-refractivity contribution < 1.29 is 4.39 Å². The Kier molecular flexibility index (Phi) is 4.41. The molecule has 4 heteroatoms. The summed E-state index contributed by atoms with van der Waals surface area (Å²) in [5, 5.41) is 3.22. The fourth-order valence-corrected chi connectivity index (χ4v) is 2.24. The zero-order chi connectivity index (χ0) is 13.0. The van der Waals surface area contributed by atoms with Gasteiger partial charge in [0.15, 0.2) is 0 Å². The highest BCUT2D eigenvalue weighted by Crippen LogP contribution is 2.20. The number of nitrogen functional groups attached to an aromatic ring is 1. The van der Waals surface area contributed by atoms with Gasteiger partial charge in [0.2, 0.25) is 0 Å². The van der Waals surface area contributed by atoms with Crippen LogP contribution in [0.3, 0.4) is 0 Å². The molecule has 0 heterocycles. The number of rotatable bonds is 4. The van der Waals surface area contributed by atoms with Gasteiger partial charge in [-0.15, -0.1) is 0 Å². The largest absolute Gasteiger partial charge is 0.397 e. The number of nitrogens with one attached hydrogen (secondary N) is 1. The average molecular weight is 356 g/mol. The molecule has 18 heavy (non-hydrogen) atoms. The molecule has 0 amide bonds. The Bertz CT molecular complexity index is 543. The fraction of sp³-hybridized carbons (Fsp3) is 0.143. The molecule has 2 nitrogen and oxygen atoms in total. The summed E-state index contributed by atoms with van der Waals surface area (Å²) in [5.74, 6) is -0.158. The molecule has 0 aromatic heterocycles. The summed E-state index contributed by atoms with van der Waals surface area (Å²) in [6, 6.07) is 12.7. The minimum atomic E-state index is -0.158. The third-order valence-electron chi connectivity index (χ3n) is 2.68. The van der Waals surface area contributed by atoms with Crippen LogP contribution in [0, 0.1) is 9.39 Å². The normalized spacial score (nSPS) is 10.3. The lowest BCUT2D eigenvalue weighted by Gasteiger charge is -2.10. The SMILES string of the molecule is Nc1cc(I)ccc1NCCc1ccccc1F. The highest BCUT2D eigenvalue weighted by Gasteiger charge is 2.02. The summed E-state index contributed by atoms with van der Waals surface area (Å²) < 4.78 is 14.5. The Morgan fingerprint density at radius 2 is 1.94 bits per heavy atom. The van der Waals surface area contributed by atoms with Gasteiger partial charge in [-0.25, -0.2) is 4.39 Å². The van der Waals surface area contributed by atoms with Gasteiger partial charge in [-0.05, 0) is 58.8 Å². The second-order valence-electron chi connectivity index (χ2n) is 4.00. The van der Waals surface area contributed by atoms with Gasteiger partial charge in [0, 0.05) is 10.1 Å². The van der Waals surface area contributed by atoms with E-state index in [-0.39, 0.29) is 5.82 Å². The Labute approximate surface area is 120 Å². The van der Waals surface area contributed by atoms with E-state index in [4.69, 9.17) is 5.73 Å². The van der Waals surface area contributed by atoms with E-state index in [0.717, 1.165) is 14.9 Å². The third-order valence-corrected chi connectivity index (χ3v) is 3.35. The van der Waals surface area contributed by atoms with Crippen LogP contribution in [-0.2, 0) is 6.42 Å². The smallest absolute Gasteiger partial charge is 0.126 e. The molecule has 2 aromatic rings. The van der Waals surface area contributed by atoms with Gasteiger partial charge in [0.05, 0.1) is 11.4 Å². The minimum absolute atomic E-state index is 0.158. The van der Waals surface area contributed by atoms with E-state index in [1.54, 1.807) is 12.1 Å². The van der Waals surface area contributed by atoms with Gasteiger partial charge in [-0.1, -0.05) is 18.2 Å². The molecule has 0 aliphatic rings. The van der Waals surface area contributed by atoms with E-state index in [1.165, 1.54) is 6.07 Å². The summed E-state index contributed by atoms with van der Waals surface area (Å²) in [5.41, 5.74) is 8.22. The van der Waals surface area contributed by atoms with Crippen molar-refractivity contribution >= 4 is 34.0 Å². The molecule has 0 spiro atoms. The van der Waals surface area contributed by atoms with Crippen molar-refractivity contribution in [2.45, 2.75) is 6.42 Å². The molecule has 0 aliphatic carbocycles. The molecule has 94 valence electrons.